The predicted octanol–water partition coefficient (Wildman–Crippen LogP) is 3.16. The monoisotopic (exact) mass is 326 g/mol. The van der Waals surface area contributed by atoms with Crippen LogP contribution in [0.5, 0.6) is 0 Å². The van der Waals surface area contributed by atoms with Crippen molar-refractivity contribution in [1.82, 2.24) is 0 Å². The smallest absolute Gasteiger partial charge is 0.336 e. The van der Waals surface area contributed by atoms with E-state index in [-0.39, 0.29) is 22.3 Å². The van der Waals surface area contributed by atoms with Gasteiger partial charge in [-0.15, -0.1) is 0 Å². The Labute approximate surface area is 137 Å². The van der Waals surface area contributed by atoms with Crippen LogP contribution < -0.4 is 0 Å². The number of carbonyl (C=O) groups is 4. The molecule has 2 N–H and O–H groups in total. The van der Waals surface area contributed by atoms with Crippen LogP contribution >= 0.6 is 0 Å². The number of benzene rings is 2. The Morgan fingerprint density at radius 3 is 1.21 bits per heavy atom. The summed E-state index contributed by atoms with van der Waals surface area (Å²) in [5.74, 6) is -3.22. The molecule has 0 aliphatic carbocycles. The third-order valence-corrected chi connectivity index (χ3v) is 3.59. The summed E-state index contributed by atoms with van der Waals surface area (Å²) in [6, 6.07) is 8.49. The van der Waals surface area contributed by atoms with Crippen molar-refractivity contribution in [1.29, 1.82) is 0 Å². The largest absolute Gasteiger partial charge is 0.478 e. The second-order valence-corrected chi connectivity index (χ2v) is 5.24. The summed E-state index contributed by atoms with van der Waals surface area (Å²) in [6.07, 6.45) is 0. The average Bonchev–Trinajstić information content (AvgIpc) is 2.53. The molecule has 24 heavy (non-hydrogen) atoms. The van der Waals surface area contributed by atoms with Gasteiger partial charge in [-0.25, -0.2) is 9.59 Å². The number of carbonyl (C=O) groups excluding carboxylic acids is 2. The van der Waals surface area contributed by atoms with Crippen LogP contribution in [0.1, 0.15) is 55.3 Å². The summed E-state index contributed by atoms with van der Waals surface area (Å²) < 4.78 is 0. The van der Waals surface area contributed by atoms with Crippen LogP contribution in [0.25, 0.3) is 11.1 Å². The lowest BCUT2D eigenvalue weighted by Gasteiger charge is -2.10. The third-order valence-electron chi connectivity index (χ3n) is 3.59. The van der Waals surface area contributed by atoms with Crippen molar-refractivity contribution in [2.24, 2.45) is 0 Å². The summed E-state index contributed by atoms with van der Waals surface area (Å²) in [5.41, 5.74) is 0.910. The summed E-state index contributed by atoms with van der Waals surface area (Å²) >= 11 is 0. The topological polar surface area (TPSA) is 109 Å². The van der Waals surface area contributed by atoms with Crippen LogP contribution in [0.15, 0.2) is 36.4 Å². The number of aromatic carboxylic acids is 2. The van der Waals surface area contributed by atoms with Gasteiger partial charge in [-0.3, -0.25) is 9.59 Å². The molecule has 0 bridgehead atoms. The van der Waals surface area contributed by atoms with E-state index in [4.69, 9.17) is 10.2 Å². The number of rotatable bonds is 5. The van der Waals surface area contributed by atoms with Crippen LogP contribution in [0.3, 0.4) is 0 Å². The number of ketones is 2. The van der Waals surface area contributed by atoms with E-state index in [0.29, 0.717) is 11.1 Å². The van der Waals surface area contributed by atoms with Crippen LogP contribution in [-0.4, -0.2) is 33.7 Å². The van der Waals surface area contributed by atoms with E-state index in [2.05, 4.69) is 0 Å². The first-order valence-electron chi connectivity index (χ1n) is 6.99. The number of carboxylic acids is 2. The lowest BCUT2D eigenvalue weighted by atomic mass is 9.94. The van der Waals surface area contributed by atoms with Crippen molar-refractivity contribution in [3.63, 3.8) is 0 Å². The quantitative estimate of drug-likeness (QED) is 0.817. The Balaban J connectivity index is 2.64. The standard InChI is InChI=1S/C18H14O6/c1-9(19)15-7-11(3-5-13(15)17(21)22)12-4-6-14(18(23)24)16(8-12)10(2)20/h3-8H,1-2H3,(H,21,22)(H,23,24). The molecule has 122 valence electrons. The Hall–Kier alpha value is -3.28. The maximum atomic E-state index is 11.7. The molecular weight excluding hydrogens is 312 g/mol. The van der Waals surface area contributed by atoms with Gasteiger partial charge < -0.3 is 10.2 Å². The van der Waals surface area contributed by atoms with Crippen molar-refractivity contribution in [3.8, 4) is 11.1 Å². The fourth-order valence-corrected chi connectivity index (χ4v) is 2.40. The number of Topliss-reactive ketones (excluding diaryl/α,β-unsaturated/α-hetero) is 2. The predicted molar refractivity (Wildman–Crippen MR) is 85.8 cm³/mol. The summed E-state index contributed by atoms with van der Waals surface area (Å²) in [7, 11) is 0. The zero-order valence-corrected chi connectivity index (χ0v) is 13.0. The second kappa shape index (κ2) is 6.45. The first-order chi connectivity index (χ1) is 11.2. The fourth-order valence-electron chi connectivity index (χ4n) is 2.40. The maximum absolute atomic E-state index is 11.7. The Bertz CT molecular complexity index is 806. The zero-order valence-electron chi connectivity index (χ0n) is 13.0. The second-order valence-electron chi connectivity index (χ2n) is 5.24. The van der Waals surface area contributed by atoms with Gasteiger partial charge in [-0.2, -0.15) is 0 Å². The van der Waals surface area contributed by atoms with Gasteiger partial charge in [0, 0.05) is 11.1 Å². The van der Waals surface area contributed by atoms with Gasteiger partial charge in [-0.1, -0.05) is 12.1 Å². The minimum Gasteiger partial charge on any atom is -0.478 e. The molecule has 0 amide bonds. The Morgan fingerprint density at radius 2 is 0.958 bits per heavy atom. The van der Waals surface area contributed by atoms with Gasteiger partial charge in [0.05, 0.1) is 11.1 Å². The fraction of sp³-hybridized carbons (Fsp3) is 0.111. The van der Waals surface area contributed by atoms with Crippen LogP contribution in [0, 0.1) is 0 Å². The van der Waals surface area contributed by atoms with Crippen molar-refractivity contribution < 1.29 is 29.4 Å². The van der Waals surface area contributed by atoms with Crippen molar-refractivity contribution in [3.05, 3.63) is 58.7 Å². The highest BCUT2D eigenvalue weighted by molar-refractivity contribution is 6.07. The molecule has 0 aromatic heterocycles. The molecule has 0 aliphatic heterocycles. The lowest BCUT2D eigenvalue weighted by Crippen LogP contribution is -2.07. The van der Waals surface area contributed by atoms with Gasteiger partial charge in [0.1, 0.15) is 0 Å². The molecular formula is C18H14O6. The van der Waals surface area contributed by atoms with E-state index in [9.17, 15) is 19.2 Å². The highest BCUT2D eigenvalue weighted by atomic mass is 16.4. The summed E-state index contributed by atoms with van der Waals surface area (Å²) in [6.45, 7) is 2.53. The van der Waals surface area contributed by atoms with Gasteiger partial charge in [0.2, 0.25) is 0 Å². The van der Waals surface area contributed by atoms with Crippen LogP contribution in [0.2, 0.25) is 0 Å². The summed E-state index contributed by atoms with van der Waals surface area (Å²) in [4.78, 5) is 45.7. The molecule has 0 unspecified atom stereocenters. The molecule has 2 aromatic rings. The normalized spacial score (nSPS) is 10.2. The van der Waals surface area contributed by atoms with Gasteiger partial charge in [0.15, 0.2) is 11.6 Å². The summed E-state index contributed by atoms with van der Waals surface area (Å²) in [5, 5.41) is 18.3. The average molecular weight is 326 g/mol. The van der Waals surface area contributed by atoms with E-state index >= 15 is 0 Å². The first-order valence-corrected chi connectivity index (χ1v) is 6.99. The molecule has 6 heteroatoms. The number of carboxylic acid groups (broad SMARTS) is 2. The Kier molecular flexibility index (Phi) is 4.59. The minimum atomic E-state index is -1.21. The SMILES string of the molecule is CC(=O)c1cc(-c2ccc(C(=O)O)c(C(C)=O)c2)ccc1C(=O)O. The molecule has 0 spiro atoms. The molecule has 0 aliphatic rings. The van der Waals surface area contributed by atoms with Crippen molar-refractivity contribution in [2.45, 2.75) is 13.8 Å². The van der Waals surface area contributed by atoms with E-state index in [1.165, 1.54) is 50.2 Å². The van der Waals surface area contributed by atoms with Crippen LogP contribution in [0.4, 0.5) is 0 Å². The number of hydrogen-bond donors (Lipinski definition) is 2. The van der Waals surface area contributed by atoms with Gasteiger partial charge in [0.25, 0.3) is 0 Å². The molecule has 2 rings (SSSR count). The maximum Gasteiger partial charge on any atom is 0.336 e. The molecule has 6 nitrogen and oxygen atoms in total. The molecule has 0 radical (unpaired) electrons. The van der Waals surface area contributed by atoms with Crippen molar-refractivity contribution >= 4 is 23.5 Å². The molecule has 0 heterocycles. The van der Waals surface area contributed by atoms with E-state index in [1.807, 2.05) is 0 Å². The first kappa shape index (κ1) is 17.1. The van der Waals surface area contributed by atoms with Gasteiger partial charge in [-0.05, 0) is 49.2 Å². The van der Waals surface area contributed by atoms with Crippen LogP contribution in [-0.2, 0) is 0 Å². The zero-order chi connectivity index (χ0) is 18.0. The molecule has 0 atom stereocenters. The highest BCUT2D eigenvalue weighted by Crippen LogP contribution is 2.26. The third kappa shape index (κ3) is 3.22. The number of hydrogen-bond acceptors (Lipinski definition) is 4. The molecule has 0 saturated heterocycles. The van der Waals surface area contributed by atoms with E-state index in [0.717, 1.165) is 0 Å². The minimum absolute atomic E-state index is 0.0479. The Morgan fingerprint density at radius 1 is 0.625 bits per heavy atom. The molecule has 0 saturated carbocycles. The molecule has 0 fully saturated rings. The highest BCUT2D eigenvalue weighted by Gasteiger charge is 2.17. The molecule has 2 aromatic carbocycles. The van der Waals surface area contributed by atoms with E-state index < -0.39 is 23.5 Å². The lowest BCUT2D eigenvalue weighted by molar-refractivity contribution is 0.0683. The van der Waals surface area contributed by atoms with Crippen molar-refractivity contribution in [2.75, 3.05) is 0 Å². The van der Waals surface area contributed by atoms with E-state index in [1.54, 1.807) is 0 Å². The van der Waals surface area contributed by atoms with Gasteiger partial charge >= 0.3 is 11.9 Å².